The second-order valence-electron chi connectivity index (χ2n) is 5.34. The molecule has 1 atom stereocenters. The third-order valence-electron chi connectivity index (χ3n) is 3.37. The Hall–Kier alpha value is -1.89. The largest absolute Gasteiger partial charge is 0.344 e. The Morgan fingerprint density at radius 2 is 1.96 bits per heavy atom. The molecule has 26 heavy (non-hydrogen) atoms. The van der Waals surface area contributed by atoms with Crippen LogP contribution in [-0.2, 0) is 4.79 Å². The van der Waals surface area contributed by atoms with E-state index in [0.29, 0.717) is 33.0 Å². The van der Waals surface area contributed by atoms with Gasteiger partial charge in [-0.25, -0.2) is 0 Å². The van der Waals surface area contributed by atoms with Crippen LogP contribution in [0.15, 0.2) is 39.0 Å². The summed E-state index contributed by atoms with van der Waals surface area (Å²) in [6.45, 7) is 2.22. The summed E-state index contributed by atoms with van der Waals surface area (Å²) in [5.74, 6) is 0.297. The number of benzene rings is 1. The predicted octanol–water partition coefficient (Wildman–Crippen LogP) is 3.37. The minimum atomic E-state index is -0.310. The average molecular weight is 407 g/mol. The van der Waals surface area contributed by atoms with Crippen molar-refractivity contribution in [3.05, 3.63) is 35.9 Å². The van der Waals surface area contributed by atoms with Crippen LogP contribution >= 0.6 is 34.9 Å². The third-order valence-corrected chi connectivity index (χ3v) is 6.60. The number of hydrogen-bond donors (Lipinski definition) is 0. The Bertz CT molecular complexity index is 789. The number of rotatable bonds is 9. The van der Waals surface area contributed by atoms with Gasteiger partial charge in [-0.15, -0.1) is 10.2 Å². The van der Waals surface area contributed by atoms with Crippen molar-refractivity contribution in [3.8, 4) is 6.07 Å². The van der Waals surface area contributed by atoms with Gasteiger partial charge in [0.1, 0.15) is 0 Å². The van der Waals surface area contributed by atoms with E-state index in [-0.39, 0.29) is 16.9 Å². The first-order chi connectivity index (χ1) is 12.5. The summed E-state index contributed by atoms with van der Waals surface area (Å²) in [5.41, 5.74) is 0.679. The molecule has 0 unspecified atom stereocenters. The van der Waals surface area contributed by atoms with Crippen molar-refractivity contribution < 1.29 is 9.59 Å². The molecule has 0 aliphatic heterocycles. The zero-order valence-electron chi connectivity index (χ0n) is 14.4. The van der Waals surface area contributed by atoms with E-state index in [1.165, 1.54) is 34.9 Å². The number of nitrogens with zero attached hydrogens (tertiary/aromatic N) is 4. The highest BCUT2D eigenvalue weighted by molar-refractivity contribution is 8.04. The molecule has 0 saturated heterocycles. The van der Waals surface area contributed by atoms with Gasteiger partial charge in [-0.1, -0.05) is 65.2 Å². The predicted molar refractivity (Wildman–Crippen MR) is 105 cm³/mol. The van der Waals surface area contributed by atoms with Crippen LogP contribution in [0.4, 0.5) is 0 Å². The van der Waals surface area contributed by atoms with Gasteiger partial charge in [0.2, 0.25) is 5.91 Å². The normalized spacial score (nSPS) is 11.6. The summed E-state index contributed by atoms with van der Waals surface area (Å²) in [4.78, 5) is 25.9. The molecule has 0 fully saturated rings. The van der Waals surface area contributed by atoms with E-state index >= 15 is 0 Å². The quantitative estimate of drug-likeness (QED) is 0.466. The van der Waals surface area contributed by atoms with Gasteiger partial charge in [0.05, 0.1) is 23.5 Å². The number of thioether (sulfide) groups is 2. The molecule has 6 nitrogen and oxygen atoms in total. The molecule has 0 radical (unpaired) electrons. The fourth-order valence-corrected chi connectivity index (χ4v) is 5.15. The van der Waals surface area contributed by atoms with E-state index in [1.54, 1.807) is 24.1 Å². The first-order valence-electron chi connectivity index (χ1n) is 7.84. The Labute approximate surface area is 165 Å². The minimum absolute atomic E-state index is 0.0441. The molecular weight excluding hydrogens is 388 g/mol. The van der Waals surface area contributed by atoms with E-state index in [9.17, 15) is 9.59 Å². The Morgan fingerprint density at radius 1 is 1.27 bits per heavy atom. The number of hydrogen-bond acceptors (Lipinski definition) is 8. The molecule has 0 bridgehead atoms. The SMILES string of the molecule is C[C@@H](Sc1nnc(SCC(=O)c2ccccc2)s1)C(=O)N(C)CCC#N. The maximum Gasteiger partial charge on any atom is 0.235 e. The summed E-state index contributed by atoms with van der Waals surface area (Å²) in [6.07, 6.45) is 0.314. The summed E-state index contributed by atoms with van der Waals surface area (Å²) in [5, 5.41) is 16.5. The van der Waals surface area contributed by atoms with Crippen LogP contribution in [-0.4, -0.2) is 51.4 Å². The Kier molecular flexibility index (Phi) is 8.09. The van der Waals surface area contributed by atoms with Crippen LogP contribution in [0.1, 0.15) is 23.7 Å². The van der Waals surface area contributed by atoms with Crippen molar-refractivity contribution in [1.29, 1.82) is 5.26 Å². The summed E-state index contributed by atoms with van der Waals surface area (Å²) in [7, 11) is 1.69. The van der Waals surface area contributed by atoms with E-state index in [2.05, 4.69) is 10.2 Å². The number of carbonyl (C=O) groups excluding carboxylic acids is 2. The fourth-order valence-electron chi connectivity index (χ4n) is 1.98. The van der Waals surface area contributed by atoms with Crippen LogP contribution in [0.3, 0.4) is 0 Å². The van der Waals surface area contributed by atoms with Crippen LogP contribution < -0.4 is 0 Å². The van der Waals surface area contributed by atoms with Gasteiger partial charge in [-0.2, -0.15) is 5.26 Å². The molecule has 1 aromatic carbocycles. The number of amides is 1. The van der Waals surface area contributed by atoms with Gasteiger partial charge in [0, 0.05) is 19.2 Å². The van der Waals surface area contributed by atoms with Crippen LogP contribution in [0.25, 0.3) is 0 Å². The molecule has 0 aliphatic rings. The summed E-state index contributed by atoms with van der Waals surface area (Å²) >= 11 is 4.06. The van der Waals surface area contributed by atoms with Crippen molar-refractivity contribution >= 4 is 46.6 Å². The highest BCUT2D eigenvalue weighted by atomic mass is 32.2. The van der Waals surface area contributed by atoms with E-state index < -0.39 is 0 Å². The fraction of sp³-hybridized carbons (Fsp3) is 0.353. The second-order valence-corrected chi connectivity index (χ2v) is 9.13. The monoisotopic (exact) mass is 406 g/mol. The van der Waals surface area contributed by atoms with Gasteiger partial charge in [-0.3, -0.25) is 9.59 Å². The number of ketones is 1. The zero-order valence-corrected chi connectivity index (χ0v) is 16.9. The van der Waals surface area contributed by atoms with Crippen molar-refractivity contribution in [2.24, 2.45) is 0 Å². The smallest absolute Gasteiger partial charge is 0.235 e. The van der Waals surface area contributed by atoms with E-state index in [4.69, 9.17) is 5.26 Å². The molecular formula is C17H18N4O2S3. The van der Waals surface area contributed by atoms with E-state index in [1.807, 2.05) is 31.2 Å². The maximum atomic E-state index is 12.2. The molecule has 2 aromatic rings. The number of Topliss-reactive ketones (excluding diaryl/α,β-unsaturated/α-hetero) is 1. The second kappa shape index (κ2) is 10.3. The standard InChI is InChI=1S/C17H18N4O2S3/c1-12(15(23)21(2)10-6-9-18)25-17-20-19-16(26-17)24-11-14(22)13-7-4-3-5-8-13/h3-5,7-8,12H,6,10-11H2,1-2H3/t12-/m1/s1. The maximum absolute atomic E-state index is 12.2. The highest BCUT2D eigenvalue weighted by Gasteiger charge is 2.20. The molecule has 1 heterocycles. The molecule has 0 saturated carbocycles. The molecule has 0 spiro atoms. The van der Waals surface area contributed by atoms with Gasteiger partial charge < -0.3 is 4.90 Å². The average Bonchev–Trinajstić information content (AvgIpc) is 3.11. The first-order valence-corrected chi connectivity index (χ1v) is 10.5. The number of aromatic nitrogens is 2. The minimum Gasteiger partial charge on any atom is -0.344 e. The highest BCUT2D eigenvalue weighted by Crippen LogP contribution is 2.32. The third kappa shape index (κ3) is 6.12. The lowest BCUT2D eigenvalue weighted by Gasteiger charge is -2.18. The molecule has 0 aliphatic carbocycles. The zero-order chi connectivity index (χ0) is 18.9. The summed E-state index contributed by atoms with van der Waals surface area (Å²) in [6, 6.07) is 11.2. The molecule has 2 rings (SSSR count). The Morgan fingerprint density at radius 3 is 2.65 bits per heavy atom. The van der Waals surface area contributed by atoms with Crippen LogP contribution in [0.5, 0.6) is 0 Å². The lowest BCUT2D eigenvalue weighted by molar-refractivity contribution is -0.128. The molecule has 136 valence electrons. The van der Waals surface area contributed by atoms with Crippen molar-refractivity contribution in [2.45, 2.75) is 27.3 Å². The lowest BCUT2D eigenvalue weighted by atomic mass is 10.2. The van der Waals surface area contributed by atoms with Gasteiger partial charge in [0.25, 0.3) is 0 Å². The van der Waals surface area contributed by atoms with E-state index in [0.717, 1.165) is 0 Å². The Balaban J connectivity index is 1.84. The molecule has 1 amide bonds. The number of carbonyl (C=O) groups is 2. The molecule has 1 aromatic heterocycles. The van der Waals surface area contributed by atoms with Gasteiger partial charge in [-0.05, 0) is 6.92 Å². The lowest BCUT2D eigenvalue weighted by Crippen LogP contribution is -2.33. The molecule has 9 heteroatoms. The van der Waals surface area contributed by atoms with Crippen LogP contribution in [0.2, 0.25) is 0 Å². The van der Waals surface area contributed by atoms with Gasteiger partial charge >= 0.3 is 0 Å². The van der Waals surface area contributed by atoms with Crippen molar-refractivity contribution in [1.82, 2.24) is 15.1 Å². The summed E-state index contributed by atoms with van der Waals surface area (Å²) < 4.78 is 1.39. The van der Waals surface area contributed by atoms with Crippen molar-refractivity contribution in [3.63, 3.8) is 0 Å². The van der Waals surface area contributed by atoms with Crippen LogP contribution in [0, 0.1) is 11.3 Å². The molecule has 0 N–H and O–H groups in total. The number of nitriles is 1. The van der Waals surface area contributed by atoms with Gasteiger partial charge in [0.15, 0.2) is 14.5 Å². The topological polar surface area (TPSA) is 87.0 Å². The van der Waals surface area contributed by atoms with Crippen molar-refractivity contribution in [2.75, 3.05) is 19.3 Å². The first kappa shape index (κ1) is 20.4.